The number of hydrogen-bond donors (Lipinski definition) is 1. The number of pyridine rings is 1. The van der Waals surface area contributed by atoms with Crippen molar-refractivity contribution in [2.24, 2.45) is 5.92 Å². The number of rotatable bonds is 5. The van der Waals surface area contributed by atoms with Crippen molar-refractivity contribution >= 4 is 23.3 Å². The second-order valence-corrected chi connectivity index (χ2v) is 8.59. The lowest BCUT2D eigenvalue weighted by Gasteiger charge is -2.26. The van der Waals surface area contributed by atoms with Crippen LogP contribution in [0, 0.1) is 5.92 Å². The first kappa shape index (κ1) is 21.1. The molecule has 2 atom stereocenters. The molecule has 0 radical (unpaired) electrons. The number of nitrogens with zero attached hydrogens (tertiary/aromatic N) is 5. The third kappa shape index (κ3) is 4.41. The molecule has 33 heavy (non-hydrogen) atoms. The summed E-state index contributed by atoms with van der Waals surface area (Å²) >= 11 is 0. The molecule has 0 spiro atoms. The van der Waals surface area contributed by atoms with Crippen molar-refractivity contribution in [2.75, 3.05) is 25.5 Å². The fourth-order valence-electron chi connectivity index (χ4n) is 4.58. The number of carbonyl (C=O) groups is 2. The monoisotopic (exact) mass is 442 g/mol. The number of carbonyl (C=O) groups excluding carboxylic acids is 2. The highest BCUT2D eigenvalue weighted by Gasteiger charge is 2.40. The Labute approximate surface area is 192 Å². The number of nitrogens with one attached hydrogen (secondary N) is 1. The van der Waals surface area contributed by atoms with Gasteiger partial charge in [-0.15, -0.1) is 0 Å². The summed E-state index contributed by atoms with van der Waals surface area (Å²) < 4.78 is 0. The number of benzene rings is 1. The molecule has 8 heteroatoms. The van der Waals surface area contributed by atoms with Crippen LogP contribution >= 0.6 is 0 Å². The van der Waals surface area contributed by atoms with E-state index in [1.165, 1.54) is 0 Å². The van der Waals surface area contributed by atoms with Crippen molar-refractivity contribution in [3.8, 4) is 11.3 Å². The van der Waals surface area contributed by atoms with Gasteiger partial charge in [0.2, 0.25) is 11.8 Å². The Hall–Kier alpha value is -3.81. The molecule has 0 bridgehead atoms. The summed E-state index contributed by atoms with van der Waals surface area (Å²) in [5.41, 5.74) is 2.63. The van der Waals surface area contributed by atoms with Crippen LogP contribution in [0.25, 0.3) is 11.3 Å². The highest BCUT2D eigenvalue weighted by Crippen LogP contribution is 2.35. The van der Waals surface area contributed by atoms with E-state index in [-0.39, 0.29) is 30.2 Å². The van der Waals surface area contributed by atoms with E-state index in [9.17, 15) is 9.59 Å². The summed E-state index contributed by atoms with van der Waals surface area (Å²) in [5.74, 6) is 1.04. The van der Waals surface area contributed by atoms with Gasteiger partial charge >= 0.3 is 0 Å². The lowest BCUT2D eigenvalue weighted by molar-refractivity contribution is -0.136. The Kier molecular flexibility index (Phi) is 5.73. The molecule has 2 saturated heterocycles. The van der Waals surface area contributed by atoms with Gasteiger partial charge in [-0.05, 0) is 37.1 Å². The summed E-state index contributed by atoms with van der Waals surface area (Å²) in [5, 5.41) is 3.37. The molecule has 2 amide bonds. The molecule has 2 aliphatic heterocycles. The van der Waals surface area contributed by atoms with Crippen molar-refractivity contribution in [3.63, 3.8) is 0 Å². The van der Waals surface area contributed by atoms with Gasteiger partial charge < -0.3 is 15.1 Å². The van der Waals surface area contributed by atoms with Gasteiger partial charge in [0.15, 0.2) is 5.82 Å². The van der Waals surface area contributed by atoms with Gasteiger partial charge in [0, 0.05) is 56.3 Å². The van der Waals surface area contributed by atoms with Gasteiger partial charge in [-0.2, -0.15) is 0 Å². The Morgan fingerprint density at radius 1 is 1.09 bits per heavy atom. The van der Waals surface area contributed by atoms with E-state index < -0.39 is 0 Å². The van der Waals surface area contributed by atoms with Crippen molar-refractivity contribution in [3.05, 3.63) is 66.7 Å². The minimum Gasteiger partial charge on any atom is -0.345 e. The van der Waals surface area contributed by atoms with E-state index in [4.69, 9.17) is 9.97 Å². The molecule has 5 rings (SSSR count). The molecule has 0 saturated carbocycles. The number of hydrogen-bond acceptors (Lipinski definition) is 6. The van der Waals surface area contributed by atoms with Gasteiger partial charge in [-0.3, -0.25) is 14.6 Å². The molecule has 1 N–H and O–H groups in total. The average molecular weight is 443 g/mol. The van der Waals surface area contributed by atoms with Crippen LogP contribution in [-0.2, 0) is 9.59 Å². The predicted octanol–water partition coefficient (Wildman–Crippen LogP) is 3.42. The molecule has 1 aromatic carbocycles. The fourth-order valence-corrected chi connectivity index (χ4v) is 4.58. The van der Waals surface area contributed by atoms with E-state index in [1.54, 1.807) is 24.3 Å². The Bertz CT molecular complexity index is 1150. The number of likely N-dealkylation sites (tertiary alicyclic amines) is 2. The van der Waals surface area contributed by atoms with Crippen LogP contribution in [0.2, 0.25) is 0 Å². The van der Waals surface area contributed by atoms with Crippen LogP contribution in [0.4, 0.5) is 11.5 Å². The van der Waals surface area contributed by atoms with Crippen molar-refractivity contribution < 1.29 is 9.59 Å². The fraction of sp³-hybridized carbons (Fsp3) is 0.320. The standard InChI is InChI=1S/C25H26N6O2/c1-30-16-18(14-23(30)32)25(33)31-13-5-8-21(31)24-28-20(17-9-11-26-12-10-17)15-22(29-24)27-19-6-3-2-4-7-19/h2-4,6-7,9-12,15,18,21H,5,8,13-14,16H2,1H3,(H,27,28,29)/t18-,21-/m0/s1. The quantitative estimate of drug-likeness (QED) is 0.651. The van der Waals surface area contributed by atoms with Crippen molar-refractivity contribution in [1.82, 2.24) is 24.8 Å². The topological polar surface area (TPSA) is 91.3 Å². The minimum absolute atomic E-state index is 0.0192. The largest absolute Gasteiger partial charge is 0.345 e. The second kappa shape index (κ2) is 8.97. The molecule has 0 aliphatic carbocycles. The summed E-state index contributed by atoms with van der Waals surface area (Å²) in [6.07, 6.45) is 5.43. The van der Waals surface area contributed by atoms with Gasteiger partial charge in [0.05, 0.1) is 17.7 Å². The maximum absolute atomic E-state index is 13.3. The van der Waals surface area contributed by atoms with Gasteiger partial charge in [0.1, 0.15) is 5.82 Å². The molecule has 168 valence electrons. The zero-order valence-corrected chi connectivity index (χ0v) is 18.5. The molecule has 2 aliphatic rings. The Balaban J connectivity index is 1.48. The lowest BCUT2D eigenvalue weighted by Crippen LogP contribution is -2.37. The van der Waals surface area contributed by atoms with Crippen LogP contribution < -0.4 is 5.32 Å². The lowest BCUT2D eigenvalue weighted by atomic mass is 10.1. The third-order valence-electron chi connectivity index (χ3n) is 6.29. The van der Waals surface area contributed by atoms with E-state index in [2.05, 4.69) is 10.3 Å². The SMILES string of the molecule is CN1C[C@@H](C(=O)N2CCC[C@H]2c2nc(Nc3ccccc3)cc(-c3ccncc3)n2)CC1=O. The molecule has 4 heterocycles. The number of aromatic nitrogens is 3. The molecule has 3 aromatic rings. The van der Waals surface area contributed by atoms with Gasteiger partial charge in [-0.1, -0.05) is 18.2 Å². The van der Waals surface area contributed by atoms with E-state index in [0.717, 1.165) is 29.8 Å². The highest BCUT2D eigenvalue weighted by atomic mass is 16.2. The van der Waals surface area contributed by atoms with Crippen LogP contribution in [0.15, 0.2) is 60.9 Å². The maximum Gasteiger partial charge on any atom is 0.228 e. The zero-order valence-electron chi connectivity index (χ0n) is 18.5. The first-order valence-corrected chi connectivity index (χ1v) is 11.2. The number of para-hydroxylation sites is 1. The van der Waals surface area contributed by atoms with Crippen LogP contribution in [0.5, 0.6) is 0 Å². The summed E-state index contributed by atoms with van der Waals surface area (Å²) in [6.45, 7) is 1.13. The van der Waals surface area contributed by atoms with Crippen molar-refractivity contribution in [2.45, 2.75) is 25.3 Å². The average Bonchev–Trinajstić information content (AvgIpc) is 3.46. The predicted molar refractivity (Wildman–Crippen MR) is 124 cm³/mol. The normalized spacial score (nSPS) is 20.3. The minimum atomic E-state index is -0.298. The van der Waals surface area contributed by atoms with Gasteiger partial charge in [0.25, 0.3) is 0 Å². The van der Waals surface area contributed by atoms with Crippen LogP contribution in [-0.4, -0.2) is 56.7 Å². The van der Waals surface area contributed by atoms with E-state index in [1.807, 2.05) is 53.4 Å². The van der Waals surface area contributed by atoms with Crippen LogP contribution in [0.3, 0.4) is 0 Å². The number of amides is 2. The highest BCUT2D eigenvalue weighted by molar-refractivity contribution is 5.89. The smallest absolute Gasteiger partial charge is 0.228 e. The maximum atomic E-state index is 13.3. The molecule has 0 unspecified atom stereocenters. The van der Waals surface area contributed by atoms with Gasteiger partial charge in [-0.25, -0.2) is 9.97 Å². The summed E-state index contributed by atoms with van der Waals surface area (Å²) in [7, 11) is 1.75. The molecular formula is C25H26N6O2. The third-order valence-corrected chi connectivity index (χ3v) is 6.29. The van der Waals surface area contributed by atoms with E-state index >= 15 is 0 Å². The zero-order chi connectivity index (χ0) is 22.8. The molecule has 8 nitrogen and oxygen atoms in total. The molecule has 2 fully saturated rings. The first-order valence-electron chi connectivity index (χ1n) is 11.2. The Morgan fingerprint density at radius 2 is 1.88 bits per heavy atom. The Morgan fingerprint density at radius 3 is 2.61 bits per heavy atom. The van der Waals surface area contributed by atoms with Crippen LogP contribution in [0.1, 0.15) is 31.1 Å². The molecule has 2 aromatic heterocycles. The number of anilines is 2. The summed E-state index contributed by atoms with van der Waals surface area (Å²) in [4.78, 5) is 42.6. The second-order valence-electron chi connectivity index (χ2n) is 8.59. The summed E-state index contributed by atoms with van der Waals surface area (Å²) in [6, 6.07) is 15.4. The van der Waals surface area contributed by atoms with Crippen molar-refractivity contribution in [1.29, 1.82) is 0 Å². The first-order chi connectivity index (χ1) is 16.1. The van der Waals surface area contributed by atoms with E-state index in [0.29, 0.717) is 24.7 Å². The molecular weight excluding hydrogens is 416 g/mol.